The largest absolute Gasteiger partial charge is 0.481 e. The average Bonchev–Trinajstić information content (AvgIpc) is 2.41. The number of morpholine rings is 1. The zero-order valence-corrected chi connectivity index (χ0v) is 11.2. The Bertz CT molecular complexity index is 495. The molecule has 2 rings (SSSR count). The summed E-state index contributed by atoms with van der Waals surface area (Å²) in [5, 5.41) is 8.92. The lowest BCUT2D eigenvalue weighted by molar-refractivity contribution is -0.140. The number of benzene rings is 1. The Labute approximate surface area is 116 Å². The number of hydrogen-bond acceptors (Lipinski definition) is 3. The minimum atomic E-state index is -0.933. The van der Waals surface area contributed by atoms with Gasteiger partial charge in [0.1, 0.15) is 0 Å². The molecule has 0 bridgehead atoms. The Hall–Kier alpha value is -1.53. The smallest absolute Gasteiger partial charge is 0.305 e. The van der Waals surface area contributed by atoms with Gasteiger partial charge in [0.05, 0.1) is 19.6 Å². The lowest BCUT2D eigenvalue weighted by Crippen LogP contribution is -2.47. The van der Waals surface area contributed by atoms with Crippen LogP contribution in [0.1, 0.15) is 24.9 Å². The number of aliphatic carboxylic acids is 1. The highest BCUT2D eigenvalue weighted by atomic mass is 19.2. The fourth-order valence-electron chi connectivity index (χ4n) is 2.58. The summed E-state index contributed by atoms with van der Waals surface area (Å²) in [5.74, 6) is -2.70. The van der Waals surface area contributed by atoms with Gasteiger partial charge >= 0.3 is 5.97 Å². The molecule has 4 nitrogen and oxygen atoms in total. The molecule has 2 atom stereocenters. The summed E-state index contributed by atoms with van der Waals surface area (Å²) in [4.78, 5) is 12.7. The Morgan fingerprint density at radius 2 is 2.30 bits per heavy atom. The molecular formula is C14H17F2NO3. The number of nitrogens with zero attached hydrogens (tertiary/aromatic N) is 1. The van der Waals surface area contributed by atoms with Gasteiger partial charge < -0.3 is 9.84 Å². The Morgan fingerprint density at radius 3 is 3.00 bits per heavy atom. The molecule has 1 N–H and O–H groups in total. The molecule has 1 aliphatic rings. The number of halogens is 2. The van der Waals surface area contributed by atoms with Crippen LogP contribution in [0.5, 0.6) is 0 Å². The molecule has 1 fully saturated rings. The van der Waals surface area contributed by atoms with Crippen molar-refractivity contribution < 1.29 is 23.4 Å². The van der Waals surface area contributed by atoms with Gasteiger partial charge in [-0.15, -0.1) is 0 Å². The van der Waals surface area contributed by atoms with Gasteiger partial charge in [-0.05, 0) is 13.0 Å². The lowest BCUT2D eigenvalue weighted by atomic mass is 10.0. The molecule has 0 aromatic heterocycles. The first kappa shape index (κ1) is 14.9. The van der Waals surface area contributed by atoms with Crippen molar-refractivity contribution in [3.8, 4) is 0 Å². The molecular weight excluding hydrogens is 268 g/mol. The Kier molecular flexibility index (Phi) is 4.67. The molecule has 0 saturated carbocycles. The molecule has 110 valence electrons. The molecule has 1 aromatic carbocycles. The van der Waals surface area contributed by atoms with Crippen molar-refractivity contribution >= 4 is 5.97 Å². The number of hydrogen-bond donors (Lipinski definition) is 1. The van der Waals surface area contributed by atoms with Crippen molar-refractivity contribution in [2.75, 3.05) is 19.8 Å². The monoisotopic (exact) mass is 285 g/mol. The van der Waals surface area contributed by atoms with Gasteiger partial charge in [-0.1, -0.05) is 12.1 Å². The topological polar surface area (TPSA) is 49.8 Å². The summed E-state index contributed by atoms with van der Waals surface area (Å²) in [6.07, 6.45) is -0.0821. The minimum absolute atomic E-state index is 0.0821. The first-order chi connectivity index (χ1) is 9.50. The van der Waals surface area contributed by atoms with E-state index in [1.54, 1.807) is 6.92 Å². The van der Waals surface area contributed by atoms with E-state index in [0.29, 0.717) is 13.2 Å². The molecule has 1 saturated heterocycles. The Balaban J connectivity index is 2.22. The first-order valence-electron chi connectivity index (χ1n) is 6.50. The van der Waals surface area contributed by atoms with Crippen molar-refractivity contribution in [3.63, 3.8) is 0 Å². The van der Waals surface area contributed by atoms with E-state index in [9.17, 15) is 13.6 Å². The number of carbonyl (C=O) groups is 1. The highest BCUT2D eigenvalue weighted by Gasteiger charge is 2.31. The van der Waals surface area contributed by atoms with Crippen LogP contribution < -0.4 is 0 Å². The summed E-state index contributed by atoms with van der Waals surface area (Å²) >= 11 is 0. The van der Waals surface area contributed by atoms with Crippen molar-refractivity contribution in [3.05, 3.63) is 35.4 Å². The van der Waals surface area contributed by atoms with Crippen LogP contribution in [0.15, 0.2) is 18.2 Å². The molecule has 1 heterocycles. The maximum absolute atomic E-state index is 13.8. The summed E-state index contributed by atoms with van der Waals surface area (Å²) in [7, 11) is 0. The second kappa shape index (κ2) is 6.28. The van der Waals surface area contributed by atoms with E-state index < -0.39 is 23.6 Å². The molecule has 1 aromatic rings. The van der Waals surface area contributed by atoms with Crippen LogP contribution >= 0.6 is 0 Å². The molecule has 6 heteroatoms. The fraction of sp³-hybridized carbons (Fsp3) is 0.500. The van der Waals surface area contributed by atoms with Crippen molar-refractivity contribution in [2.45, 2.75) is 25.4 Å². The second-order valence-electron chi connectivity index (χ2n) is 4.88. The van der Waals surface area contributed by atoms with Gasteiger partial charge in [0.2, 0.25) is 0 Å². The minimum Gasteiger partial charge on any atom is -0.481 e. The fourth-order valence-corrected chi connectivity index (χ4v) is 2.58. The SMILES string of the molecule is CC(c1cccc(F)c1F)N1CCOCC1CC(=O)O. The van der Waals surface area contributed by atoms with E-state index >= 15 is 0 Å². The van der Waals surface area contributed by atoms with Gasteiger partial charge in [0.25, 0.3) is 0 Å². The van der Waals surface area contributed by atoms with E-state index in [1.807, 2.05) is 4.90 Å². The quantitative estimate of drug-likeness (QED) is 0.921. The second-order valence-corrected chi connectivity index (χ2v) is 4.88. The highest BCUT2D eigenvalue weighted by molar-refractivity contribution is 5.67. The standard InChI is InChI=1S/C14H17F2NO3/c1-9(11-3-2-4-12(15)14(11)16)17-5-6-20-8-10(17)7-13(18)19/h2-4,9-10H,5-8H2,1H3,(H,18,19). The third-order valence-electron chi connectivity index (χ3n) is 3.61. The maximum Gasteiger partial charge on any atom is 0.305 e. The maximum atomic E-state index is 13.8. The van der Waals surface area contributed by atoms with Crippen LogP contribution in [0.25, 0.3) is 0 Å². The predicted molar refractivity (Wildman–Crippen MR) is 68.3 cm³/mol. The summed E-state index contributed by atoms with van der Waals surface area (Å²) in [6.45, 7) is 2.98. The van der Waals surface area contributed by atoms with Crippen molar-refractivity contribution in [1.82, 2.24) is 4.90 Å². The molecule has 0 aliphatic carbocycles. The van der Waals surface area contributed by atoms with Gasteiger partial charge in [0, 0.05) is 24.2 Å². The lowest BCUT2D eigenvalue weighted by Gasteiger charge is -2.39. The molecule has 0 radical (unpaired) electrons. The van der Waals surface area contributed by atoms with Gasteiger partial charge in [-0.2, -0.15) is 0 Å². The summed E-state index contributed by atoms with van der Waals surface area (Å²) < 4.78 is 32.4. The Morgan fingerprint density at radius 1 is 1.55 bits per heavy atom. The van der Waals surface area contributed by atoms with Crippen LogP contribution in [0.3, 0.4) is 0 Å². The average molecular weight is 285 g/mol. The van der Waals surface area contributed by atoms with E-state index in [0.717, 1.165) is 6.07 Å². The van der Waals surface area contributed by atoms with E-state index in [4.69, 9.17) is 9.84 Å². The summed E-state index contributed by atoms with van der Waals surface area (Å²) in [5.41, 5.74) is 0.238. The molecule has 20 heavy (non-hydrogen) atoms. The van der Waals surface area contributed by atoms with Crippen LogP contribution in [0.2, 0.25) is 0 Å². The van der Waals surface area contributed by atoms with Gasteiger partial charge in [-0.3, -0.25) is 9.69 Å². The van der Waals surface area contributed by atoms with Gasteiger partial charge in [0.15, 0.2) is 11.6 Å². The third kappa shape index (κ3) is 3.13. The number of ether oxygens (including phenoxy) is 1. The molecule has 2 unspecified atom stereocenters. The van der Waals surface area contributed by atoms with Crippen molar-refractivity contribution in [1.29, 1.82) is 0 Å². The van der Waals surface area contributed by atoms with Crippen LogP contribution in [-0.2, 0) is 9.53 Å². The number of rotatable bonds is 4. The normalized spacial score (nSPS) is 21.6. The van der Waals surface area contributed by atoms with E-state index in [-0.39, 0.29) is 24.6 Å². The highest BCUT2D eigenvalue weighted by Crippen LogP contribution is 2.28. The zero-order chi connectivity index (χ0) is 14.7. The predicted octanol–water partition coefficient (Wildman–Crippen LogP) is 2.20. The van der Waals surface area contributed by atoms with E-state index in [2.05, 4.69) is 0 Å². The molecule has 0 amide bonds. The van der Waals surface area contributed by atoms with Gasteiger partial charge in [-0.25, -0.2) is 8.78 Å². The van der Waals surface area contributed by atoms with E-state index in [1.165, 1.54) is 12.1 Å². The third-order valence-corrected chi connectivity index (χ3v) is 3.61. The number of carboxylic acid groups (broad SMARTS) is 1. The first-order valence-corrected chi connectivity index (χ1v) is 6.50. The summed E-state index contributed by atoms with van der Waals surface area (Å²) in [6, 6.07) is 3.31. The molecule has 0 spiro atoms. The van der Waals surface area contributed by atoms with Crippen LogP contribution in [0, 0.1) is 11.6 Å². The molecule has 1 aliphatic heterocycles. The van der Waals surface area contributed by atoms with Crippen LogP contribution in [0.4, 0.5) is 8.78 Å². The van der Waals surface area contributed by atoms with Crippen molar-refractivity contribution in [2.24, 2.45) is 0 Å². The van der Waals surface area contributed by atoms with Crippen LogP contribution in [-0.4, -0.2) is 41.8 Å². The zero-order valence-electron chi connectivity index (χ0n) is 11.2. The number of carboxylic acids is 1.